The van der Waals surface area contributed by atoms with E-state index >= 15 is 0 Å². The summed E-state index contributed by atoms with van der Waals surface area (Å²) in [5, 5.41) is 7.78. The van der Waals surface area contributed by atoms with Gasteiger partial charge in [-0.05, 0) is 29.6 Å². The molecule has 1 aromatic carbocycles. The summed E-state index contributed by atoms with van der Waals surface area (Å²) in [5.74, 6) is -0.203. The number of carbonyl (C=O) groups is 2. The largest absolute Gasteiger partial charge is 0.352 e. The molecule has 6 nitrogen and oxygen atoms in total. The smallest absolute Gasteiger partial charge is 0.222 e. The Labute approximate surface area is 176 Å². The van der Waals surface area contributed by atoms with Crippen molar-refractivity contribution >= 4 is 23.2 Å². The van der Waals surface area contributed by atoms with E-state index < -0.39 is 0 Å². The van der Waals surface area contributed by atoms with Crippen LogP contribution in [0.5, 0.6) is 0 Å². The third-order valence-electron chi connectivity index (χ3n) is 5.17. The van der Waals surface area contributed by atoms with E-state index in [-0.39, 0.29) is 24.3 Å². The third-order valence-corrected chi connectivity index (χ3v) is 6.15. The van der Waals surface area contributed by atoms with Gasteiger partial charge in [0, 0.05) is 51.1 Å². The molecule has 0 aliphatic carbocycles. The van der Waals surface area contributed by atoms with Crippen LogP contribution in [-0.4, -0.2) is 54.8 Å². The van der Waals surface area contributed by atoms with Crippen molar-refractivity contribution in [3.63, 3.8) is 0 Å². The lowest BCUT2D eigenvalue weighted by atomic mass is 10.1. The lowest BCUT2D eigenvalue weighted by Crippen LogP contribution is -2.43. The number of nitrogens with one attached hydrogen (secondary N) is 2. The first kappa shape index (κ1) is 21.5. The second kappa shape index (κ2) is 10.5. The molecule has 0 spiro atoms. The molecule has 2 aromatic rings. The molecule has 1 unspecified atom stereocenters. The fraction of sp³-hybridized carbons (Fsp3) is 0.455. The molecule has 2 N–H and O–H groups in total. The molecule has 29 heavy (non-hydrogen) atoms. The molecular formula is C22H30N4O2S. The zero-order valence-corrected chi connectivity index (χ0v) is 18.0. The monoisotopic (exact) mass is 414 g/mol. The lowest BCUT2D eigenvalue weighted by molar-refractivity contribution is -0.122. The van der Waals surface area contributed by atoms with E-state index in [9.17, 15) is 9.59 Å². The van der Waals surface area contributed by atoms with Crippen LogP contribution in [0, 0.1) is 0 Å². The van der Waals surface area contributed by atoms with E-state index in [4.69, 9.17) is 0 Å². The molecule has 7 heteroatoms. The van der Waals surface area contributed by atoms with E-state index in [1.54, 1.807) is 11.3 Å². The van der Waals surface area contributed by atoms with Crippen molar-refractivity contribution < 1.29 is 9.59 Å². The van der Waals surface area contributed by atoms with Crippen LogP contribution in [-0.2, 0) is 22.7 Å². The number of hydrogen-bond acceptors (Lipinski definition) is 5. The average Bonchev–Trinajstić information content (AvgIpc) is 3.23. The minimum atomic E-state index is -0.279. The number of benzene rings is 1. The molecular weight excluding hydrogens is 384 g/mol. The summed E-state index contributed by atoms with van der Waals surface area (Å²) in [4.78, 5) is 29.7. The Morgan fingerprint density at radius 1 is 1.07 bits per heavy atom. The van der Waals surface area contributed by atoms with Crippen LogP contribution in [0.3, 0.4) is 0 Å². The average molecular weight is 415 g/mol. The predicted molar refractivity (Wildman–Crippen MR) is 117 cm³/mol. The highest BCUT2D eigenvalue weighted by Gasteiger charge is 2.18. The number of piperazine rings is 1. The molecule has 1 saturated heterocycles. The highest BCUT2D eigenvalue weighted by Crippen LogP contribution is 2.22. The van der Waals surface area contributed by atoms with E-state index in [1.165, 1.54) is 12.5 Å². The predicted octanol–water partition coefficient (Wildman–Crippen LogP) is 2.38. The summed E-state index contributed by atoms with van der Waals surface area (Å²) >= 11 is 1.54. The van der Waals surface area contributed by atoms with Gasteiger partial charge in [-0.15, -0.1) is 11.3 Å². The molecule has 1 fully saturated rings. The summed E-state index contributed by atoms with van der Waals surface area (Å²) in [6.07, 6.45) is 0.238. The van der Waals surface area contributed by atoms with Crippen LogP contribution in [0.4, 0.5) is 0 Å². The Kier molecular flexibility index (Phi) is 7.80. The zero-order chi connectivity index (χ0) is 20.6. The number of carbonyl (C=O) groups excluding carboxylic acids is 2. The number of hydrogen-bond donors (Lipinski definition) is 2. The van der Waals surface area contributed by atoms with Gasteiger partial charge in [-0.25, -0.2) is 0 Å². The van der Waals surface area contributed by atoms with E-state index in [0.29, 0.717) is 6.54 Å². The van der Waals surface area contributed by atoms with Crippen LogP contribution < -0.4 is 10.6 Å². The van der Waals surface area contributed by atoms with Crippen molar-refractivity contribution in [3.8, 4) is 0 Å². The van der Waals surface area contributed by atoms with Gasteiger partial charge in [-0.2, -0.15) is 0 Å². The molecule has 156 valence electrons. The second-order valence-corrected chi connectivity index (χ2v) is 8.62. The SMILES string of the molecule is CC(=O)NC(CC(=O)NCc1ccc(CN2CCN(C)CC2)cc1)c1cccs1. The maximum Gasteiger partial charge on any atom is 0.222 e. The van der Waals surface area contributed by atoms with E-state index in [2.05, 4.69) is 51.7 Å². The molecule has 2 heterocycles. The van der Waals surface area contributed by atoms with Gasteiger partial charge in [0.1, 0.15) is 0 Å². The van der Waals surface area contributed by atoms with Crippen LogP contribution in [0.2, 0.25) is 0 Å². The Morgan fingerprint density at radius 2 is 1.76 bits per heavy atom. The number of thiophene rings is 1. The standard InChI is InChI=1S/C22H30N4O2S/c1-17(27)24-20(21-4-3-13-29-21)14-22(28)23-15-18-5-7-19(8-6-18)16-26-11-9-25(2)10-12-26/h3-8,13,20H,9-12,14-16H2,1-2H3,(H,23,28)(H,24,27). The number of amides is 2. The van der Waals surface area contributed by atoms with Gasteiger partial charge in [-0.3, -0.25) is 14.5 Å². The summed E-state index contributed by atoms with van der Waals surface area (Å²) in [5.41, 5.74) is 2.38. The van der Waals surface area contributed by atoms with Gasteiger partial charge in [0.2, 0.25) is 11.8 Å². The molecule has 3 rings (SSSR count). The fourth-order valence-corrected chi connectivity index (χ4v) is 4.22. The molecule has 2 amide bonds. The number of nitrogens with zero attached hydrogens (tertiary/aromatic N) is 2. The van der Waals surface area contributed by atoms with Gasteiger partial charge in [0.25, 0.3) is 0 Å². The van der Waals surface area contributed by atoms with Gasteiger partial charge in [0.15, 0.2) is 0 Å². The molecule has 0 radical (unpaired) electrons. The van der Waals surface area contributed by atoms with Crippen molar-refractivity contribution in [2.45, 2.75) is 32.5 Å². The van der Waals surface area contributed by atoms with Crippen molar-refractivity contribution in [2.75, 3.05) is 33.2 Å². The minimum absolute atomic E-state index is 0.0707. The Bertz CT molecular complexity index is 784. The topological polar surface area (TPSA) is 64.7 Å². The quantitative estimate of drug-likeness (QED) is 0.696. The summed E-state index contributed by atoms with van der Waals surface area (Å²) < 4.78 is 0. The van der Waals surface area contributed by atoms with Gasteiger partial charge in [-0.1, -0.05) is 30.3 Å². The molecule has 1 aliphatic rings. The Balaban J connectivity index is 1.46. The molecule has 0 bridgehead atoms. The zero-order valence-electron chi connectivity index (χ0n) is 17.2. The molecule has 0 saturated carbocycles. The van der Waals surface area contributed by atoms with Crippen molar-refractivity contribution in [1.82, 2.24) is 20.4 Å². The van der Waals surface area contributed by atoms with E-state index in [1.807, 2.05) is 17.5 Å². The number of likely N-dealkylation sites (N-methyl/N-ethyl adjacent to an activating group) is 1. The number of rotatable bonds is 8. The minimum Gasteiger partial charge on any atom is -0.352 e. The van der Waals surface area contributed by atoms with E-state index in [0.717, 1.165) is 43.2 Å². The molecule has 1 atom stereocenters. The first-order valence-corrected chi connectivity index (χ1v) is 10.9. The van der Waals surface area contributed by atoms with Crippen LogP contribution in [0.15, 0.2) is 41.8 Å². The van der Waals surface area contributed by atoms with Crippen LogP contribution in [0.25, 0.3) is 0 Å². The molecule has 1 aromatic heterocycles. The summed E-state index contributed by atoms with van der Waals surface area (Å²) in [6.45, 7) is 7.39. The maximum absolute atomic E-state index is 12.4. The van der Waals surface area contributed by atoms with Crippen molar-refractivity contribution in [3.05, 3.63) is 57.8 Å². The first-order chi connectivity index (χ1) is 14.0. The summed E-state index contributed by atoms with van der Waals surface area (Å²) in [6, 6.07) is 12.0. The Morgan fingerprint density at radius 3 is 2.38 bits per heavy atom. The van der Waals surface area contributed by atoms with Crippen molar-refractivity contribution in [2.24, 2.45) is 0 Å². The normalized spacial score (nSPS) is 16.3. The lowest BCUT2D eigenvalue weighted by Gasteiger charge is -2.32. The van der Waals surface area contributed by atoms with Crippen molar-refractivity contribution in [1.29, 1.82) is 0 Å². The highest BCUT2D eigenvalue weighted by molar-refractivity contribution is 7.10. The fourth-order valence-electron chi connectivity index (χ4n) is 3.44. The Hall–Kier alpha value is -2.22. The molecule has 1 aliphatic heterocycles. The highest BCUT2D eigenvalue weighted by atomic mass is 32.1. The van der Waals surface area contributed by atoms with Crippen LogP contribution >= 0.6 is 11.3 Å². The maximum atomic E-state index is 12.4. The van der Waals surface area contributed by atoms with Gasteiger partial charge in [0.05, 0.1) is 12.5 Å². The van der Waals surface area contributed by atoms with Gasteiger partial charge < -0.3 is 15.5 Å². The summed E-state index contributed by atoms with van der Waals surface area (Å²) in [7, 11) is 2.17. The van der Waals surface area contributed by atoms with Crippen LogP contribution in [0.1, 0.15) is 35.4 Å². The third kappa shape index (κ3) is 6.96. The second-order valence-electron chi connectivity index (χ2n) is 7.65. The first-order valence-electron chi connectivity index (χ1n) is 10.1. The van der Waals surface area contributed by atoms with Gasteiger partial charge >= 0.3 is 0 Å².